The predicted octanol–water partition coefficient (Wildman–Crippen LogP) is 2.91. The van der Waals surface area contributed by atoms with E-state index in [1.165, 1.54) is 0 Å². The third-order valence-corrected chi connectivity index (χ3v) is 5.25. The number of rotatable bonds is 3. The van der Waals surface area contributed by atoms with Crippen LogP contribution in [0.15, 0.2) is 0 Å². The fraction of sp³-hybridized carbons (Fsp3) is 0.769. The third kappa shape index (κ3) is 1.80. The summed E-state index contributed by atoms with van der Waals surface area (Å²) in [5, 5.41) is 8.68. The summed E-state index contributed by atoms with van der Waals surface area (Å²) in [7, 11) is 1.88. The van der Waals surface area contributed by atoms with Gasteiger partial charge in [0, 0.05) is 25.2 Å². The van der Waals surface area contributed by atoms with Crippen LogP contribution >= 0.6 is 11.6 Å². The van der Waals surface area contributed by atoms with Gasteiger partial charge in [-0.05, 0) is 17.8 Å². The minimum absolute atomic E-state index is 0.357. The summed E-state index contributed by atoms with van der Waals surface area (Å²) in [6, 6.07) is 0.547. The lowest BCUT2D eigenvalue weighted by Gasteiger charge is -2.06. The molecule has 1 N–H and O–H groups in total. The van der Waals surface area contributed by atoms with E-state index in [2.05, 4.69) is 38.1 Å². The fourth-order valence-corrected chi connectivity index (χ4v) is 3.03. The van der Waals surface area contributed by atoms with Gasteiger partial charge in [0.15, 0.2) is 0 Å². The van der Waals surface area contributed by atoms with E-state index in [4.69, 9.17) is 11.6 Å². The Bertz CT molecular complexity index is 432. The van der Waals surface area contributed by atoms with Crippen molar-refractivity contribution in [2.75, 3.05) is 0 Å². The Morgan fingerprint density at radius 3 is 2.18 bits per heavy atom. The number of hydrogen-bond donors (Lipinski definition) is 1. The zero-order chi connectivity index (χ0) is 13.0. The molecule has 1 fully saturated rings. The van der Waals surface area contributed by atoms with Crippen molar-refractivity contribution < 1.29 is 0 Å². The van der Waals surface area contributed by atoms with Crippen molar-refractivity contribution in [2.24, 2.45) is 17.9 Å². The average Bonchev–Trinajstić information content (AvgIpc) is 2.44. The minimum Gasteiger partial charge on any atom is -0.309 e. The first-order valence-corrected chi connectivity index (χ1v) is 6.48. The van der Waals surface area contributed by atoms with Crippen molar-refractivity contribution in [1.82, 2.24) is 15.1 Å². The maximum Gasteiger partial charge on any atom is 0.131 e. The molecule has 1 aliphatic carbocycles. The normalized spacial score (nSPS) is 21.8. The summed E-state index contributed by atoms with van der Waals surface area (Å²) in [4.78, 5) is 0. The molecule has 2 rings (SSSR count). The van der Waals surface area contributed by atoms with Gasteiger partial charge in [-0.3, -0.25) is 4.68 Å². The Morgan fingerprint density at radius 1 is 1.29 bits per heavy atom. The highest BCUT2D eigenvalue weighted by molar-refractivity contribution is 6.30. The Kier molecular flexibility index (Phi) is 2.83. The van der Waals surface area contributed by atoms with Gasteiger partial charge in [-0.2, -0.15) is 5.10 Å². The van der Waals surface area contributed by atoms with Crippen LogP contribution in [0, 0.1) is 17.8 Å². The molecule has 0 atom stereocenters. The maximum atomic E-state index is 6.22. The zero-order valence-corrected chi connectivity index (χ0v) is 12.3. The Balaban J connectivity index is 2.05. The van der Waals surface area contributed by atoms with Crippen LogP contribution in [0.25, 0.3) is 0 Å². The van der Waals surface area contributed by atoms with Crippen LogP contribution in [0.1, 0.15) is 39.0 Å². The highest BCUT2D eigenvalue weighted by Gasteiger charge is 2.64. The highest BCUT2D eigenvalue weighted by Crippen LogP contribution is 2.62. The van der Waals surface area contributed by atoms with Gasteiger partial charge < -0.3 is 5.32 Å². The molecule has 0 saturated heterocycles. The summed E-state index contributed by atoms with van der Waals surface area (Å²) >= 11 is 6.22. The van der Waals surface area contributed by atoms with Crippen LogP contribution in [0.4, 0.5) is 0 Å². The smallest absolute Gasteiger partial charge is 0.131 e. The highest BCUT2D eigenvalue weighted by atomic mass is 35.5. The van der Waals surface area contributed by atoms with Crippen LogP contribution in [0.2, 0.25) is 5.15 Å². The van der Waals surface area contributed by atoms with Crippen LogP contribution in [0.5, 0.6) is 0 Å². The molecule has 1 aliphatic rings. The van der Waals surface area contributed by atoms with Crippen molar-refractivity contribution in [2.45, 2.75) is 47.2 Å². The topological polar surface area (TPSA) is 29.9 Å². The minimum atomic E-state index is 0.357. The molecule has 0 amide bonds. The fourth-order valence-electron chi connectivity index (χ4n) is 2.79. The lowest BCUT2D eigenvalue weighted by molar-refractivity contribution is 0.457. The Labute approximate surface area is 109 Å². The average molecular weight is 256 g/mol. The van der Waals surface area contributed by atoms with Gasteiger partial charge in [0.05, 0.1) is 5.69 Å². The molecule has 1 aromatic rings. The Hall–Kier alpha value is -0.540. The molecule has 1 aromatic heterocycles. The molecule has 0 spiro atoms. The SMILES string of the molecule is Cc1nn(C)c(Cl)c1CNC1C(C)(C)C1(C)C. The van der Waals surface area contributed by atoms with Crippen molar-refractivity contribution in [1.29, 1.82) is 0 Å². The van der Waals surface area contributed by atoms with Gasteiger partial charge in [-0.15, -0.1) is 0 Å². The molecule has 1 saturated carbocycles. The van der Waals surface area contributed by atoms with Crippen LogP contribution < -0.4 is 5.32 Å². The van der Waals surface area contributed by atoms with E-state index in [-0.39, 0.29) is 0 Å². The molecule has 17 heavy (non-hydrogen) atoms. The van der Waals surface area contributed by atoms with Crippen molar-refractivity contribution in [3.63, 3.8) is 0 Å². The predicted molar refractivity (Wildman–Crippen MR) is 71.1 cm³/mol. The van der Waals surface area contributed by atoms with E-state index < -0.39 is 0 Å². The molecule has 1 heterocycles. The van der Waals surface area contributed by atoms with E-state index in [1.807, 2.05) is 14.0 Å². The van der Waals surface area contributed by atoms with Gasteiger partial charge in [-0.25, -0.2) is 0 Å². The van der Waals surface area contributed by atoms with Gasteiger partial charge in [0.2, 0.25) is 0 Å². The van der Waals surface area contributed by atoms with Crippen molar-refractivity contribution >= 4 is 11.6 Å². The largest absolute Gasteiger partial charge is 0.309 e. The monoisotopic (exact) mass is 255 g/mol. The second kappa shape index (κ2) is 3.72. The van der Waals surface area contributed by atoms with E-state index in [1.54, 1.807) is 4.68 Å². The number of hydrogen-bond acceptors (Lipinski definition) is 2. The second-order valence-electron chi connectivity index (χ2n) is 6.24. The third-order valence-electron chi connectivity index (χ3n) is 4.77. The summed E-state index contributed by atoms with van der Waals surface area (Å²) < 4.78 is 1.73. The summed E-state index contributed by atoms with van der Waals surface area (Å²) in [5.74, 6) is 0. The molecule has 0 aliphatic heterocycles. The lowest BCUT2D eigenvalue weighted by atomic mass is 10.0. The van der Waals surface area contributed by atoms with Crippen LogP contribution in [0.3, 0.4) is 0 Å². The first kappa shape index (κ1) is 12.9. The number of nitrogens with zero attached hydrogens (tertiary/aromatic N) is 2. The summed E-state index contributed by atoms with van der Waals surface area (Å²) in [5.41, 5.74) is 2.85. The van der Waals surface area contributed by atoms with E-state index in [0.29, 0.717) is 16.9 Å². The van der Waals surface area contributed by atoms with Gasteiger partial charge in [0.1, 0.15) is 5.15 Å². The molecular formula is C13H22ClN3. The molecule has 0 unspecified atom stereocenters. The first-order valence-electron chi connectivity index (χ1n) is 6.11. The number of nitrogens with one attached hydrogen (secondary N) is 1. The molecule has 96 valence electrons. The molecule has 0 bridgehead atoms. The van der Waals surface area contributed by atoms with Crippen molar-refractivity contribution in [3.05, 3.63) is 16.4 Å². The molecule has 0 aromatic carbocycles. The van der Waals surface area contributed by atoms with Crippen LogP contribution in [-0.4, -0.2) is 15.8 Å². The maximum absolute atomic E-state index is 6.22. The van der Waals surface area contributed by atoms with Gasteiger partial charge in [0.25, 0.3) is 0 Å². The first-order chi connectivity index (χ1) is 7.69. The quantitative estimate of drug-likeness (QED) is 0.900. The van der Waals surface area contributed by atoms with Gasteiger partial charge in [-0.1, -0.05) is 39.3 Å². The van der Waals surface area contributed by atoms with E-state index >= 15 is 0 Å². The van der Waals surface area contributed by atoms with Gasteiger partial charge >= 0.3 is 0 Å². The lowest BCUT2D eigenvalue weighted by Crippen LogP contribution is -2.22. The molecule has 3 nitrogen and oxygen atoms in total. The molecule has 4 heteroatoms. The zero-order valence-electron chi connectivity index (χ0n) is 11.6. The second-order valence-corrected chi connectivity index (χ2v) is 6.59. The van der Waals surface area contributed by atoms with E-state index in [9.17, 15) is 0 Å². The number of aromatic nitrogens is 2. The molecule has 0 radical (unpaired) electrons. The molecular weight excluding hydrogens is 234 g/mol. The Morgan fingerprint density at radius 2 is 1.82 bits per heavy atom. The summed E-state index contributed by atoms with van der Waals surface area (Å²) in [6.45, 7) is 12.0. The standard InChI is InChI=1S/C13H22ClN3/c1-8-9(10(14)17(6)16-8)7-15-11-12(2,3)13(11,4)5/h11,15H,7H2,1-6H3. The van der Waals surface area contributed by atoms with Crippen LogP contribution in [-0.2, 0) is 13.6 Å². The number of aryl methyl sites for hydroxylation is 2. The van der Waals surface area contributed by atoms with Crippen molar-refractivity contribution in [3.8, 4) is 0 Å². The van der Waals surface area contributed by atoms with E-state index in [0.717, 1.165) is 23.0 Å². The summed E-state index contributed by atoms with van der Waals surface area (Å²) in [6.07, 6.45) is 0. The number of halogens is 1.